The normalized spacial score (nSPS) is 19.1. The number of halogens is 1. The summed E-state index contributed by atoms with van der Waals surface area (Å²) in [6, 6.07) is 37.6. The monoisotopic (exact) mass is 906 g/mol. The Hall–Kier alpha value is -5.22. The van der Waals surface area contributed by atoms with Gasteiger partial charge in [-0.3, -0.25) is 24.7 Å². The van der Waals surface area contributed by atoms with Crippen LogP contribution in [0.5, 0.6) is 0 Å². The van der Waals surface area contributed by atoms with E-state index < -0.39 is 32.1 Å². The average molecular weight is 908 g/mol. The van der Waals surface area contributed by atoms with Gasteiger partial charge in [0.15, 0.2) is 0 Å². The van der Waals surface area contributed by atoms with Gasteiger partial charge in [-0.1, -0.05) is 84.4 Å². The fourth-order valence-corrected chi connectivity index (χ4v) is 10.8. The lowest BCUT2D eigenvalue weighted by atomic mass is 9.93. The summed E-state index contributed by atoms with van der Waals surface area (Å²) in [5.41, 5.74) is 5.15. The van der Waals surface area contributed by atoms with Crippen LogP contribution in [0.4, 0.5) is 5.69 Å². The summed E-state index contributed by atoms with van der Waals surface area (Å²) in [5, 5.41) is 19.1. The zero-order valence-corrected chi connectivity index (χ0v) is 37.3. The summed E-state index contributed by atoms with van der Waals surface area (Å²) in [5.74, 6) is -0.191. The summed E-state index contributed by atoms with van der Waals surface area (Å²) in [6.07, 6.45) is 4.43. The highest BCUT2D eigenvalue weighted by Crippen LogP contribution is 2.35. The predicted molar refractivity (Wildman–Crippen MR) is 252 cm³/mol. The van der Waals surface area contributed by atoms with Crippen molar-refractivity contribution in [1.29, 1.82) is 0 Å². The number of piperazine rings is 1. The molecule has 2 heterocycles. The fraction of sp³-hybridized carbons (Fsp3) is 0.312. The van der Waals surface area contributed by atoms with Crippen molar-refractivity contribution < 1.29 is 22.9 Å². The van der Waals surface area contributed by atoms with Crippen molar-refractivity contribution in [3.05, 3.63) is 165 Å². The molecule has 1 amide bonds. The molecular formula is C48H51ClN6O6S2. The first kappa shape index (κ1) is 44.4. The van der Waals surface area contributed by atoms with Crippen LogP contribution in [0.15, 0.2) is 144 Å². The zero-order valence-electron chi connectivity index (χ0n) is 34.9. The first-order chi connectivity index (χ1) is 30.6. The molecule has 2 N–H and O–H groups in total. The number of amides is 1. The number of anilines is 1. The maximum absolute atomic E-state index is 13.7. The second-order valence-electron chi connectivity index (χ2n) is 16.1. The van der Waals surface area contributed by atoms with Gasteiger partial charge in [-0.2, -0.15) is 8.42 Å². The summed E-state index contributed by atoms with van der Waals surface area (Å²) in [7, 11) is -4.81. The Balaban J connectivity index is 0.874. The number of morpholine rings is 1. The van der Waals surface area contributed by atoms with Crippen molar-refractivity contribution in [3.8, 4) is 11.1 Å². The zero-order chi connectivity index (χ0) is 43.8. The van der Waals surface area contributed by atoms with Gasteiger partial charge in [0.05, 0.1) is 19.6 Å². The molecule has 63 heavy (non-hydrogen) atoms. The van der Waals surface area contributed by atoms with Crippen molar-refractivity contribution in [2.45, 2.75) is 35.2 Å². The van der Waals surface area contributed by atoms with Crippen LogP contribution in [0.3, 0.4) is 0 Å². The van der Waals surface area contributed by atoms with Gasteiger partial charge in [0.2, 0.25) is 0 Å². The number of ether oxygens (including phenoxy) is 1. The summed E-state index contributed by atoms with van der Waals surface area (Å²) in [4.78, 5) is 30.7. The molecule has 0 aromatic heterocycles. The molecular weight excluding hydrogens is 856 g/mol. The van der Waals surface area contributed by atoms with Crippen molar-refractivity contribution in [1.82, 2.24) is 19.8 Å². The average Bonchev–Trinajstić information content (AvgIpc) is 3.31. The molecule has 1 unspecified atom stereocenters. The van der Waals surface area contributed by atoms with Gasteiger partial charge in [-0.15, -0.1) is 11.8 Å². The van der Waals surface area contributed by atoms with Crippen LogP contribution in [0.1, 0.15) is 28.8 Å². The Kier molecular flexibility index (Phi) is 14.2. The van der Waals surface area contributed by atoms with Crippen molar-refractivity contribution in [2.24, 2.45) is 0 Å². The third kappa shape index (κ3) is 10.6. The van der Waals surface area contributed by atoms with Gasteiger partial charge in [0.1, 0.15) is 0 Å². The number of thioether (sulfide) groups is 1. The van der Waals surface area contributed by atoms with Gasteiger partial charge in [0.25, 0.3) is 5.91 Å². The minimum absolute atomic E-state index is 0.00422. The first-order valence-corrected chi connectivity index (χ1v) is 24.1. The SMILES string of the molecule is O=C(NS(=O)(=O)C1([N+](=O)[O-])C=CC(N[C@H](CCN2CCOCC2)CSc2ccccc2)=CC1)c1ccc(N2CCN(Cc3ccc4ccccc4c3-c3ccc(Cl)cc3)CC2)cc1. The van der Waals surface area contributed by atoms with E-state index in [9.17, 15) is 23.3 Å². The number of carbonyl (C=O) groups excluding carboxylic acids is 1. The van der Waals surface area contributed by atoms with E-state index in [0.29, 0.717) is 23.9 Å². The van der Waals surface area contributed by atoms with Gasteiger partial charge >= 0.3 is 14.9 Å². The smallest absolute Gasteiger partial charge is 0.359 e. The lowest BCUT2D eigenvalue weighted by Gasteiger charge is -2.36. The molecule has 2 aliphatic heterocycles. The molecule has 5 aromatic carbocycles. The van der Waals surface area contributed by atoms with E-state index in [2.05, 4.69) is 80.7 Å². The van der Waals surface area contributed by atoms with E-state index in [1.807, 2.05) is 35.1 Å². The highest BCUT2D eigenvalue weighted by Gasteiger charge is 2.55. The third-order valence-corrected chi connectivity index (χ3v) is 15.3. The quantitative estimate of drug-likeness (QED) is 0.0570. The highest BCUT2D eigenvalue weighted by atomic mass is 35.5. The van der Waals surface area contributed by atoms with Gasteiger partial charge in [-0.05, 0) is 88.5 Å². The molecule has 15 heteroatoms. The molecule has 8 rings (SSSR count). The summed E-state index contributed by atoms with van der Waals surface area (Å²) >= 11 is 7.95. The molecule has 0 saturated carbocycles. The van der Waals surface area contributed by atoms with Gasteiger partial charge in [0, 0.05) is 102 Å². The number of sulfonamides is 1. The Morgan fingerprint density at radius 2 is 1.57 bits per heavy atom. The van der Waals surface area contributed by atoms with Crippen LogP contribution in [-0.4, -0.2) is 105 Å². The largest absolute Gasteiger partial charge is 0.382 e. The molecule has 2 atom stereocenters. The van der Waals surface area contributed by atoms with Crippen molar-refractivity contribution in [2.75, 3.05) is 69.7 Å². The van der Waals surface area contributed by atoms with Gasteiger partial charge in [-0.25, -0.2) is 4.72 Å². The van der Waals surface area contributed by atoms with Crippen LogP contribution < -0.4 is 14.9 Å². The topological polar surface area (TPSA) is 137 Å². The van der Waals surface area contributed by atoms with E-state index in [4.69, 9.17) is 16.3 Å². The maximum atomic E-state index is 13.7. The lowest BCUT2D eigenvalue weighted by molar-refractivity contribution is -0.526. The minimum Gasteiger partial charge on any atom is -0.382 e. The Morgan fingerprint density at radius 3 is 2.27 bits per heavy atom. The van der Waals surface area contributed by atoms with Crippen LogP contribution in [0.2, 0.25) is 5.02 Å². The first-order valence-electron chi connectivity index (χ1n) is 21.3. The number of benzene rings is 5. The van der Waals surface area contributed by atoms with Crippen LogP contribution >= 0.6 is 23.4 Å². The Morgan fingerprint density at radius 1 is 0.857 bits per heavy atom. The second kappa shape index (κ2) is 20.1. The number of nitro groups is 1. The molecule has 0 spiro atoms. The standard InChI is InChI=1S/C48H51ClN6O6S2/c49-40-16-12-37(13-17-40)46-39(11-10-36-6-4-5-9-45(36)46)34-53-26-28-54(29-27-53)43-18-14-38(15-19-43)47(56)51-63(59,60)48(55(57)58)23-20-41(21-24-48)50-42(22-25-52-30-32-61-33-31-52)35-62-44-7-2-1-3-8-44/h1-21,23,42,50H,22,24-35H2,(H,51,56)/t42-,48?/m1/s1. The van der Waals surface area contributed by atoms with Crippen molar-refractivity contribution >= 4 is 55.8 Å². The fourth-order valence-electron chi connectivity index (χ4n) is 8.37. The second-order valence-corrected chi connectivity index (χ2v) is 19.5. The van der Waals surface area contributed by atoms with Crippen LogP contribution in [-0.2, 0) is 21.3 Å². The minimum atomic E-state index is -4.81. The molecule has 12 nitrogen and oxygen atoms in total. The third-order valence-electron chi connectivity index (χ3n) is 12.0. The van der Waals surface area contributed by atoms with Crippen LogP contribution in [0.25, 0.3) is 21.9 Å². The van der Waals surface area contributed by atoms with E-state index >= 15 is 0 Å². The summed E-state index contributed by atoms with van der Waals surface area (Å²) in [6.45, 7) is 7.90. The van der Waals surface area contributed by atoms with Gasteiger partial charge < -0.3 is 15.0 Å². The lowest BCUT2D eigenvalue weighted by Crippen LogP contribution is -2.53. The Labute approximate surface area is 378 Å². The molecule has 3 aliphatic rings. The summed E-state index contributed by atoms with van der Waals surface area (Å²) < 4.78 is 35.0. The molecule has 0 bridgehead atoms. The van der Waals surface area contributed by atoms with E-state index in [1.54, 1.807) is 36.0 Å². The van der Waals surface area contributed by atoms with Crippen LogP contribution in [0, 0.1) is 10.1 Å². The molecule has 0 radical (unpaired) electrons. The number of allylic oxidation sites excluding steroid dienone is 1. The Bertz CT molecular complexity index is 2560. The molecule has 1 aliphatic carbocycles. The predicted octanol–water partition coefficient (Wildman–Crippen LogP) is 7.83. The number of fused-ring (bicyclic) bond motifs is 1. The molecule has 2 fully saturated rings. The number of rotatable bonds is 16. The number of hydrogen-bond acceptors (Lipinski definition) is 11. The van der Waals surface area contributed by atoms with E-state index in [0.717, 1.165) is 86.8 Å². The number of nitrogens with one attached hydrogen (secondary N) is 2. The molecule has 2 saturated heterocycles. The number of carbonyl (C=O) groups is 1. The number of nitrogens with zero attached hydrogens (tertiary/aromatic N) is 4. The van der Waals surface area contributed by atoms with Crippen molar-refractivity contribution in [3.63, 3.8) is 0 Å². The molecule has 5 aromatic rings. The van der Waals surface area contributed by atoms with E-state index in [1.165, 1.54) is 34.1 Å². The highest BCUT2D eigenvalue weighted by molar-refractivity contribution is 7.99. The van der Waals surface area contributed by atoms with E-state index in [-0.39, 0.29) is 11.6 Å². The molecule has 328 valence electrons. The number of hydrogen-bond donors (Lipinski definition) is 2. The maximum Gasteiger partial charge on any atom is 0.359 e.